The zero-order chi connectivity index (χ0) is 10.8. The zero-order valence-corrected chi connectivity index (χ0v) is 9.32. The summed E-state index contributed by atoms with van der Waals surface area (Å²) in [5.74, 6) is 2.05. The van der Waals surface area contributed by atoms with E-state index in [1.54, 1.807) is 0 Å². The van der Waals surface area contributed by atoms with Crippen molar-refractivity contribution in [3.63, 3.8) is 0 Å². The minimum atomic E-state index is 0.279. The Morgan fingerprint density at radius 2 is 2.06 bits per heavy atom. The van der Waals surface area contributed by atoms with Gasteiger partial charge in [-0.3, -0.25) is 0 Å². The second kappa shape index (κ2) is 4.51. The van der Waals surface area contributed by atoms with Crippen molar-refractivity contribution in [3.8, 4) is 0 Å². The van der Waals surface area contributed by atoms with Crippen molar-refractivity contribution in [2.75, 3.05) is 19.8 Å². The topological polar surface area (TPSA) is 60.2 Å². The van der Waals surface area contributed by atoms with Crippen LogP contribution in [-0.2, 0) is 4.74 Å². The quantitative estimate of drug-likeness (QED) is 0.821. The van der Waals surface area contributed by atoms with Gasteiger partial charge in [-0.05, 0) is 32.2 Å². The number of rotatable bonds is 2. The highest BCUT2D eigenvalue weighted by molar-refractivity contribution is 5.00. The fourth-order valence-corrected chi connectivity index (χ4v) is 2.41. The van der Waals surface area contributed by atoms with Crippen LogP contribution in [0.5, 0.6) is 0 Å². The first-order valence-corrected chi connectivity index (χ1v) is 6.08. The molecule has 0 saturated carbocycles. The maximum Gasteiger partial charge on any atom is 0.243 e. The first kappa shape index (κ1) is 10.2. The van der Waals surface area contributed by atoms with Gasteiger partial charge in [0.25, 0.3) is 0 Å². The lowest BCUT2D eigenvalue weighted by molar-refractivity contribution is 0.0830. The smallest absolute Gasteiger partial charge is 0.243 e. The molecule has 0 unspecified atom stereocenters. The number of aromatic nitrogens is 2. The van der Waals surface area contributed by atoms with E-state index >= 15 is 0 Å². The maximum atomic E-state index is 5.34. The molecule has 1 atom stereocenters. The Hall–Kier alpha value is -0.940. The van der Waals surface area contributed by atoms with E-state index in [4.69, 9.17) is 9.26 Å². The molecule has 1 aromatic heterocycles. The predicted octanol–water partition coefficient (Wildman–Crippen LogP) is 1.39. The van der Waals surface area contributed by atoms with Crippen molar-refractivity contribution >= 4 is 0 Å². The minimum Gasteiger partial charge on any atom is -0.381 e. The van der Waals surface area contributed by atoms with E-state index in [0.717, 1.165) is 50.7 Å². The molecular weight excluding hydrogens is 206 g/mol. The standard InChI is InChI=1S/C11H17N3O2/c1-2-9(12-5-1)11-13-10(14-16-11)8-3-6-15-7-4-8/h8-9,12H,1-7H2/t9-/m1/s1. The van der Waals surface area contributed by atoms with Crippen molar-refractivity contribution in [2.24, 2.45) is 0 Å². The van der Waals surface area contributed by atoms with Gasteiger partial charge in [0.15, 0.2) is 5.82 Å². The minimum absolute atomic E-state index is 0.279. The first-order chi connectivity index (χ1) is 7.93. The van der Waals surface area contributed by atoms with Crippen LogP contribution < -0.4 is 5.32 Å². The number of hydrogen-bond donors (Lipinski definition) is 1. The van der Waals surface area contributed by atoms with Crippen LogP contribution in [0.3, 0.4) is 0 Å². The third-order valence-corrected chi connectivity index (χ3v) is 3.40. The lowest BCUT2D eigenvalue weighted by atomic mass is 10.00. The summed E-state index contributed by atoms with van der Waals surface area (Å²) >= 11 is 0. The van der Waals surface area contributed by atoms with Crippen LogP contribution in [0.25, 0.3) is 0 Å². The van der Waals surface area contributed by atoms with Gasteiger partial charge in [-0.1, -0.05) is 5.16 Å². The average Bonchev–Trinajstić information content (AvgIpc) is 3.01. The summed E-state index contributed by atoms with van der Waals surface area (Å²) in [6.07, 6.45) is 4.32. The van der Waals surface area contributed by atoms with E-state index in [1.807, 2.05) is 0 Å². The molecule has 88 valence electrons. The van der Waals surface area contributed by atoms with Crippen LogP contribution in [0.1, 0.15) is 49.4 Å². The van der Waals surface area contributed by atoms with Crippen LogP contribution in [0.15, 0.2) is 4.52 Å². The van der Waals surface area contributed by atoms with E-state index in [-0.39, 0.29) is 6.04 Å². The SMILES string of the molecule is C1CN[C@@H](c2nc(C3CCOCC3)no2)C1. The number of nitrogens with zero attached hydrogens (tertiary/aromatic N) is 2. The van der Waals surface area contributed by atoms with E-state index in [2.05, 4.69) is 15.5 Å². The molecule has 2 saturated heterocycles. The fourth-order valence-electron chi connectivity index (χ4n) is 2.41. The van der Waals surface area contributed by atoms with E-state index in [0.29, 0.717) is 5.92 Å². The van der Waals surface area contributed by atoms with E-state index < -0.39 is 0 Å². The molecule has 5 nitrogen and oxygen atoms in total. The molecule has 2 fully saturated rings. The van der Waals surface area contributed by atoms with Crippen molar-refractivity contribution in [1.82, 2.24) is 15.5 Å². The van der Waals surface area contributed by atoms with E-state index in [1.165, 1.54) is 6.42 Å². The Labute approximate surface area is 94.6 Å². The summed E-state index contributed by atoms with van der Waals surface area (Å²) in [4.78, 5) is 4.52. The van der Waals surface area contributed by atoms with Crippen LogP contribution >= 0.6 is 0 Å². The van der Waals surface area contributed by atoms with Crippen molar-refractivity contribution in [1.29, 1.82) is 0 Å². The molecule has 2 aliphatic heterocycles. The molecule has 0 bridgehead atoms. The summed E-state index contributed by atoms with van der Waals surface area (Å²) in [6, 6.07) is 0.279. The second-order valence-electron chi connectivity index (χ2n) is 4.53. The second-order valence-corrected chi connectivity index (χ2v) is 4.53. The molecule has 0 aliphatic carbocycles. The molecule has 0 radical (unpaired) electrons. The first-order valence-electron chi connectivity index (χ1n) is 6.08. The summed E-state index contributed by atoms with van der Waals surface area (Å²) < 4.78 is 10.7. The lowest BCUT2D eigenvalue weighted by Gasteiger charge is -2.18. The molecule has 3 heterocycles. The van der Waals surface area contributed by atoms with Gasteiger partial charge in [0.1, 0.15) is 0 Å². The van der Waals surface area contributed by atoms with Crippen molar-refractivity contribution < 1.29 is 9.26 Å². The van der Waals surface area contributed by atoms with Gasteiger partial charge < -0.3 is 14.6 Å². The summed E-state index contributed by atoms with van der Waals surface area (Å²) in [5.41, 5.74) is 0. The highest BCUT2D eigenvalue weighted by atomic mass is 16.5. The van der Waals surface area contributed by atoms with Gasteiger partial charge in [0, 0.05) is 19.1 Å². The number of hydrogen-bond acceptors (Lipinski definition) is 5. The lowest BCUT2D eigenvalue weighted by Crippen LogP contribution is -2.16. The van der Waals surface area contributed by atoms with Crippen LogP contribution in [0.4, 0.5) is 0 Å². The molecule has 2 aliphatic rings. The maximum absolute atomic E-state index is 5.34. The van der Waals surface area contributed by atoms with Crippen LogP contribution in [-0.4, -0.2) is 29.9 Å². The van der Waals surface area contributed by atoms with Crippen molar-refractivity contribution in [3.05, 3.63) is 11.7 Å². The van der Waals surface area contributed by atoms with Gasteiger partial charge in [-0.2, -0.15) is 4.98 Å². The van der Waals surface area contributed by atoms with Gasteiger partial charge in [-0.25, -0.2) is 0 Å². The van der Waals surface area contributed by atoms with Gasteiger partial charge in [-0.15, -0.1) is 0 Å². The van der Waals surface area contributed by atoms with Gasteiger partial charge >= 0.3 is 0 Å². The highest BCUT2D eigenvalue weighted by Crippen LogP contribution is 2.27. The summed E-state index contributed by atoms with van der Waals surface area (Å²) in [7, 11) is 0. The molecule has 16 heavy (non-hydrogen) atoms. The number of ether oxygens (including phenoxy) is 1. The zero-order valence-electron chi connectivity index (χ0n) is 9.32. The monoisotopic (exact) mass is 223 g/mol. The molecule has 0 spiro atoms. The highest BCUT2D eigenvalue weighted by Gasteiger charge is 2.26. The Morgan fingerprint density at radius 3 is 2.81 bits per heavy atom. The third-order valence-electron chi connectivity index (χ3n) is 3.40. The number of nitrogens with one attached hydrogen (secondary N) is 1. The van der Waals surface area contributed by atoms with E-state index in [9.17, 15) is 0 Å². The Morgan fingerprint density at radius 1 is 1.19 bits per heavy atom. The molecule has 3 rings (SSSR count). The van der Waals surface area contributed by atoms with Crippen LogP contribution in [0.2, 0.25) is 0 Å². The van der Waals surface area contributed by atoms with Crippen LogP contribution in [0, 0.1) is 0 Å². The fraction of sp³-hybridized carbons (Fsp3) is 0.818. The predicted molar refractivity (Wildman–Crippen MR) is 57.1 cm³/mol. The largest absolute Gasteiger partial charge is 0.381 e. The van der Waals surface area contributed by atoms with Gasteiger partial charge in [0.05, 0.1) is 6.04 Å². The summed E-state index contributed by atoms with van der Waals surface area (Å²) in [5, 5.41) is 7.47. The molecule has 1 N–H and O–H groups in total. The van der Waals surface area contributed by atoms with Crippen molar-refractivity contribution in [2.45, 2.75) is 37.6 Å². The molecule has 5 heteroatoms. The molecule has 0 aromatic carbocycles. The molecule has 1 aromatic rings. The molecule has 0 amide bonds. The Bertz CT molecular complexity index is 341. The van der Waals surface area contributed by atoms with Gasteiger partial charge in [0.2, 0.25) is 5.89 Å². The summed E-state index contributed by atoms with van der Waals surface area (Å²) in [6.45, 7) is 2.69. The Kier molecular flexibility index (Phi) is 2.88. The normalized spacial score (nSPS) is 27.4. The Balaban J connectivity index is 1.71. The third kappa shape index (κ3) is 1.97. The average molecular weight is 223 g/mol. The molecular formula is C11H17N3O2.